The number of benzene rings is 3. The molecule has 8 heteroatoms. The molecule has 3 aromatic carbocycles. The molecule has 0 aliphatic heterocycles. The first kappa shape index (κ1) is 46.5. The summed E-state index contributed by atoms with van der Waals surface area (Å²) in [5.41, 5.74) is 29.3. The Morgan fingerprint density at radius 2 is 0.679 bits per heavy atom. The van der Waals surface area contributed by atoms with Gasteiger partial charge in [-0.15, -0.1) is 0 Å². The number of hydrogen-bond acceptors (Lipinski definition) is 0. The van der Waals surface area contributed by atoms with Crippen molar-refractivity contribution in [3.63, 3.8) is 0 Å². The zero-order chi connectivity index (χ0) is 41.6. The number of fused-ring (bicyclic) bond motifs is 2. The van der Waals surface area contributed by atoms with Crippen molar-refractivity contribution in [1.82, 2.24) is 0 Å². The molecule has 4 aliphatic rings. The fourth-order valence-corrected chi connectivity index (χ4v) is 22.3. The third kappa shape index (κ3) is 8.26. The summed E-state index contributed by atoms with van der Waals surface area (Å²) in [4.78, 5) is 0. The molecule has 2 unspecified atom stereocenters. The van der Waals surface area contributed by atoms with Crippen LogP contribution in [0.3, 0.4) is 0 Å². The van der Waals surface area contributed by atoms with E-state index in [1.54, 1.807) is 44.6 Å². The summed E-state index contributed by atoms with van der Waals surface area (Å²) < 4.78 is 0. The van der Waals surface area contributed by atoms with Gasteiger partial charge >= 0.3 is 75.7 Å². The summed E-state index contributed by atoms with van der Waals surface area (Å²) in [5, 5.41) is 0. The number of rotatable bonds is 6. The predicted molar refractivity (Wildman–Crippen MR) is 249 cm³/mol. The monoisotopic (exact) mass is 1010 g/mol. The van der Waals surface area contributed by atoms with Crippen LogP contribution >= 0.6 is 34.1 Å². The molecule has 0 amide bonds. The van der Waals surface area contributed by atoms with Crippen molar-refractivity contribution < 1.29 is 41.7 Å². The van der Waals surface area contributed by atoms with Crippen LogP contribution in [0.15, 0.2) is 116 Å². The van der Waals surface area contributed by atoms with Crippen LogP contribution in [-0.4, -0.2) is 16.1 Å². The van der Waals surface area contributed by atoms with E-state index in [-0.39, 0.29) is 0 Å². The van der Waals surface area contributed by atoms with Crippen LogP contribution in [0.2, 0.25) is 37.3 Å². The molecule has 0 N–H and O–H groups in total. The predicted octanol–water partition coefficient (Wildman–Crippen LogP) is 17.4. The van der Waals surface area contributed by atoms with Crippen LogP contribution in [0.1, 0.15) is 103 Å². The van der Waals surface area contributed by atoms with E-state index >= 15 is 0 Å². The molecule has 7 rings (SSSR count). The third-order valence-electron chi connectivity index (χ3n) is 14.3. The van der Waals surface area contributed by atoms with Crippen LogP contribution in [0.5, 0.6) is 0 Å². The summed E-state index contributed by atoms with van der Waals surface area (Å²) in [5.74, 6) is 0. The molecule has 3 aromatic rings. The average molecular weight is 1020 g/mol. The topological polar surface area (TPSA) is 0 Å². The van der Waals surface area contributed by atoms with Crippen molar-refractivity contribution in [1.29, 1.82) is 0 Å². The van der Waals surface area contributed by atoms with Gasteiger partial charge in [0.15, 0.2) is 0 Å². The fraction of sp³-hybridized carbons (Fsp3) is 0.375. The Kier molecular flexibility index (Phi) is 15.5. The summed E-state index contributed by atoms with van der Waals surface area (Å²) in [6, 6.07) is 23.7. The van der Waals surface area contributed by atoms with Gasteiger partial charge < -0.3 is 0 Å². The molecule has 0 spiro atoms. The Bertz CT molecular complexity index is 2010. The molecule has 0 aromatic heterocycles. The molecule has 0 heterocycles. The maximum absolute atomic E-state index is 4.93. The second kappa shape index (κ2) is 18.6. The van der Waals surface area contributed by atoms with E-state index < -0.39 is 57.8 Å². The van der Waals surface area contributed by atoms with E-state index in [1.807, 2.05) is 0 Å². The van der Waals surface area contributed by atoms with Gasteiger partial charge in [-0.3, -0.25) is 0 Å². The maximum atomic E-state index is 4.93. The molecule has 56 heavy (non-hydrogen) atoms. The first-order valence-corrected chi connectivity index (χ1v) is 38.7. The van der Waals surface area contributed by atoms with Crippen molar-refractivity contribution in [3.8, 4) is 22.3 Å². The van der Waals surface area contributed by atoms with Crippen LogP contribution < -0.4 is 0 Å². The van der Waals surface area contributed by atoms with Crippen molar-refractivity contribution in [2.45, 2.75) is 118 Å². The van der Waals surface area contributed by atoms with E-state index in [9.17, 15) is 0 Å². The minimum absolute atomic E-state index is 0.531. The van der Waals surface area contributed by atoms with Crippen LogP contribution in [0.4, 0.5) is 0 Å². The van der Waals surface area contributed by atoms with Gasteiger partial charge in [0.25, 0.3) is 0 Å². The van der Waals surface area contributed by atoms with Crippen LogP contribution in [0, 0.1) is 0 Å². The van der Waals surface area contributed by atoms with Gasteiger partial charge in [0.1, 0.15) is 0 Å². The van der Waals surface area contributed by atoms with E-state index in [4.69, 9.17) is 34.1 Å². The Hall–Kier alpha value is -0.540. The molecule has 0 radical (unpaired) electrons. The van der Waals surface area contributed by atoms with Gasteiger partial charge in [-0.05, 0) is 147 Å². The summed E-state index contributed by atoms with van der Waals surface area (Å²) in [7, 11) is 16.2. The number of allylic oxidation sites excluding steroid dienone is 10. The van der Waals surface area contributed by atoms with Crippen LogP contribution in [0.25, 0.3) is 34.4 Å². The SMILES string of the molecule is CC1=Cc2c(-c3ccc(-c4cccc5c4C=C(C)C5[Si](C)(C)C4C(C)=C(C)C(C)=C4C)cc3)cccc2C1[Si](C)(C)C1C(C)=C(C)C(C)=C1C.[Cl][Zr][Cl].[Cl][Zr][Cl]. The van der Waals surface area contributed by atoms with Gasteiger partial charge in [0, 0.05) is 11.1 Å². The molecule has 4 aliphatic carbocycles. The Morgan fingerprint density at radius 1 is 0.411 bits per heavy atom. The van der Waals surface area contributed by atoms with E-state index in [0.29, 0.717) is 22.2 Å². The van der Waals surface area contributed by atoms with Gasteiger partial charge in [-0.25, -0.2) is 0 Å². The normalized spacial score (nSPS) is 19.8. The summed E-state index contributed by atoms with van der Waals surface area (Å²) >= 11 is -1.65. The van der Waals surface area contributed by atoms with E-state index in [0.717, 1.165) is 0 Å². The summed E-state index contributed by atoms with van der Waals surface area (Å²) in [6.07, 6.45) is 5.05. The zero-order valence-corrected chi connectivity index (χ0v) is 45.7. The Labute approximate surface area is 378 Å². The quantitative estimate of drug-likeness (QED) is 0.216. The van der Waals surface area contributed by atoms with E-state index in [2.05, 4.69) is 168 Å². The van der Waals surface area contributed by atoms with Crippen molar-refractivity contribution in [3.05, 3.63) is 139 Å². The number of halogens is 4. The molecule has 2 atom stereocenters. The van der Waals surface area contributed by atoms with Crippen molar-refractivity contribution >= 4 is 62.4 Å². The Morgan fingerprint density at radius 3 is 0.946 bits per heavy atom. The van der Waals surface area contributed by atoms with Gasteiger partial charge in [-0.2, -0.15) is 0 Å². The summed E-state index contributed by atoms with van der Waals surface area (Å²) in [6.45, 7) is 34.3. The molecule has 0 bridgehead atoms. The molecular weight excluding hydrogens is 957 g/mol. The first-order valence-electron chi connectivity index (χ1n) is 19.7. The fourth-order valence-electron chi connectivity index (χ4n) is 11.7. The minimum atomic E-state index is -1.79. The van der Waals surface area contributed by atoms with Gasteiger partial charge in [0.2, 0.25) is 0 Å². The van der Waals surface area contributed by atoms with Crippen molar-refractivity contribution in [2.75, 3.05) is 0 Å². The van der Waals surface area contributed by atoms with E-state index in [1.165, 1.54) is 55.7 Å². The van der Waals surface area contributed by atoms with Crippen molar-refractivity contribution in [2.24, 2.45) is 0 Å². The molecule has 0 saturated carbocycles. The van der Waals surface area contributed by atoms with Gasteiger partial charge in [-0.1, -0.05) is 132 Å². The molecule has 0 fully saturated rings. The van der Waals surface area contributed by atoms with Gasteiger partial charge in [0.05, 0.1) is 16.1 Å². The zero-order valence-electron chi connectivity index (χ0n) is 35.7. The molecule has 0 saturated heterocycles. The molecular formula is C48H58Cl4Si2Zr2. The Balaban J connectivity index is 0.000000941. The molecule has 294 valence electrons. The second-order valence-electron chi connectivity index (χ2n) is 17.7. The standard InChI is InChI=1S/C48H58Si2.4ClH.2Zr/c1-27-25-43-39(17-15-19-41(43)45(27)49(11,12)47-33(7)29(3)30(4)34(47)8)37-21-23-38(24-22-37)40-18-16-20-42-44(40)26-28(2)46(42)50(13,14)48-35(9)31(5)32(6)36(48)10;;;;;;/h15-26,45-48H,1-14H3;4*1H;;/q;;;;;2*+2/p-4. The number of hydrogen-bond donors (Lipinski definition) is 0. The van der Waals surface area contributed by atoms with Crippen LogP contribution in [-0.2, 0) is 41.7 Å². The average Bonchev–Trinajstić information content (AvgIpc) is 3.80. The first-order chi connectivity index (χ1) is 26.3. The molecule has 0 nitrogen and oxygen atoms in total. The second-order valence-corrected chi connectivity index (χ2v) is 34.8. The third-order valence-corrected chi connectivity index (χ3v) is 23.5.